The van der Waals surface area contributed by atoms with Gasteiger partial charge in [-0.15, -0.1) is 0 Å². The number of rotatable bonds is 4. The number of hydrogen-bond donors (Lipinski definition) is 2. The minimum absolute atomic E-state index is 0.318. The van der Waals surface area contributed by atoms with Gasteiger partial charge in [-0.3, -0.25) is 0 Å². The first-order chi connectivity index (χ1) is 11.5. The molecule has 0 radical (unpaired) electrons. The van der Waals surface area contributed by atoms with Gasteiger partial charge in [0.2, 0.25) is 0 Å². The van der Waals surface area contributed by atoms with Gasteiger partial charge < -0.3 is 9.79 Å². The Morgan fingerprint density at radius 3 is 2.00 bits per heavy atom. The summed E-state index contributed by atoms with van der Waals surface area (Å²) in [6.07, 6.45) is 4.70. The van der Waals surface area contributed by atoms with Crippen LogP contribution in [0.1, 0.15) is 28.7 Å². The van der Waals surface area contributed by atoms with E-state index < -0.39 is 7.75 Å². The van der Waals surface area contributed by atoms with Crippen molar-refractivity contribution in [2.45, 2.75) is 19.3 Å². The molecule has 0 unspecified atom stereocenters. The molecule has 0 bridgehead atoms. The summed E-state index contributed by atoms with van der Waals surface area (Å²) in [5.74, 6) is 0. The van der Waals surface area contributed by atoms with Crippen LogP contribution in [0, 0.1) is 0 Å². The molecule has 126 valence electrons. The van der Waals surface area contributed by atoms with Gasteiger partial charge in [-0.05, 0) is 54.1 Å². The second-order valence-corrected chi connectivity index (χ2v) is 7.82. The molecule has 0 fully saturated rings. The Labute approximate surface area is 142 Å². The fourth-order valence-corrected chi connectivity index (χ4v) is 3.54. The van der Waals surface area contributed by atoms with Gasteiger partial charge in [0.1, 0.15) is 0 Å². The zero-order valence-electron chi connectivity index (χ0n) is 13.7. The second kappa shape index (κ2) is 7.04. The molecular weight excluding hydrogens is 321 g/mol. The Balaban J connectivity index is 1.96. The summed E-state index contributed by atoms with van der Waals surface area (Å²) < 4.78 is 12.4. The molecule has 5 heteroatoms. The van der Waals surface area contributed by atoms with Crippen molar-refractivity contribution < 1.29 is 14.4 Å². The lowest BCUT2D eigenvalue weighted by Gasteiger charge is -2.17. The molecule has 0 saturated heterocycles. The van der Waals surface area contributed by atoms with Crippen LogP contribution in [-0.2, 0) is 17.4 Å². The Bertz CT molecular complexity index is 760. The van der Waals surface area contributed by atoms with Crippen LogP contribution in [0.3, 0.4) is 0 Å². The third-order valence-electron chi connectivity index (χ3n) is 4.52. The summed E-state index contributed by atoms with van der Waals surface area (Å²) in [7, 11) is -2.71. The molecule has 2 N–H and O–H groups in total. The van der Waals surface area contributed by atoms with Crippen molar-refractivity contribution in [3.63, 3.8) is 0 Å². The van der Waals surface area contributed by atoms with E-state index in [9.17, 15) is 14.4 Å². The summed E-state index contributed by atoms with van der Waals surface area (Å²) in [5, 5.41) is 0. The molecule has 24 heavy (non-hydrogen) atoms. The van der Waals surface area contributed by atoms with Crippen molar-refractivity contribution in [3.8, 4) is 0 Å². The van der Waals surface area contributed by atoms with E-state index in [1.165, 1.54) is 29.3 Å². The highest BCUT2D eigenvalue weighted by atomic mass is 31.2. The maximum Gasteiger partial charge on any atom is 0.402 e. The number of aryl methyl sites for hydroxylation is 2. The second-order valence-electron chi connectivity index (χ2n) is 6.12. The SMILES string of the molecule is CN(CCC=C1c2ccccc2CCc2ccccc21)P(=O)(O)O. The summed E-state index contributed by atoms with van der Waals surface area (Å²) in [6, 6.07) is 16.8. The Hall–Kier alpha value is -1.71. The minimum atomic E-state index is -4.16. The number of benzene rings is 2. The normalized spacial score (nSPS) is 14.1. The van der Waals surface area contributed by atoms with Crippen LogP contribution < -0.4 is 0 Å². The molecule has 0 heterocycles. The van der Waals surface area contributed by atoms with E-state index in [1.807, 2.05) is 12.1 Å². The van der Waals surface area contributed by atoms with Gasteiger partial charge in [0, 0.05) is 6.54 Å². The third-order valence-corrected chi connectivity index (χ3v) is 5.61. The lowest BCUT2D eigenvalue weighted by Crippen LogP contribution is -2.15. The molecule has 1 aliphatic carbocycles. The van der Waals surface area contributed by atoms with Crippen LogP contribution in [-0.4, -0.2) is 28.0 Å². The fourth-order valence-electron chi connectivity index (χ4n) is 3.16. The maximum absolute atomic E-state index is 11.3. The van der Waals surface area contributed by atoms with E-state index in [-0.39, 0.29) is 0 Å². The van der Waals surface area contributed by atoms with Gasteiger partial charge in [-0.25, -0.2) is 9.24 Å². The lowest BCUT2D eigenvalue weighted by molar-refractivity contribution is 0.294. The highest BCUT2D eigenvalue weighted by Crippen LogP contribution is 2.38. The van der Waals surface area contributed by atoms with Crippen molar-refractivity contribution in [1.29, 1.82) is 0 Å². The number of hydrogen-bond acceptors (Lipinski definition) is 1. The molecular formula is C19H22NO3P. The van der Waals surface area contributed by atoms with E-state index in [4.69, 9.17) is 0 Å². The number of fused-ring (bicyclic) bond motifs is 2. The summed E-state index contributed by atoms with van der Waals surface area (Å²) in [5.41, 5.74) is 6.26. The van der Waals surface area contributed by atoms with Crippen LogP contribution in [0.25, 0.3) is 5.57 Å². The van der Waals surface area contributed by atoms with Gasteiger partial charge in [0.05, 0.1) is 0 Å². The van der Waals surface area contributed by atoms with Crippen LogP contribution in [0.4, 0.5) is 0 Å². The summed E-state index contributed by atoms with van der Waals surface area (Å²) in [6.45, 7) is 0.318. The zero-order chi connectivity index (χ0) is 17.2. The smallest absolute Gasteiger partial charge is 0.312 e. The van der Waals surface area contributed by atoms with Crippen molar-refractivity contribution in [3.05, 3.63) is 76.9 Å². The van der Waals surface area contributed by atoms with Crippen LogP contribution >= 0.6 is 7.75 Å². The largest absolute Gasteiger partial charge is 0.402 e. The highest BCUT2D eigenvalue weighted by molar-refractivity contribution is 7.49. The highest BCUT2D eigenvalue weighted by Gasteiger charge is 2.20. The van der Waals surface area contributed by atoms with Gasteiger partial charge in [-0.2, -0.15) is 0 Å². The Kier molecular flexibility index (Phi) is 5.02. The minimum Gasteiger partial charge on any atom is -0.312 e. The summed E-state index contributed by atoms with van der Waals surface area (Å²) >= 11 is 0. The molecule has 2 aromatic rings. The maximum atomic E-state index is 11.3. The molecule has 4 nitrogen and oxygen atoms in total. The fraction of sp³-hybridized carbons (Fsp3) is 0.263. The quantitative estimate of drug-likeness (QED) is 0.832. The first-order valence-corrected chi connectivity index (χ1v) is 9.67. The predicted octanol–water partition coefficient (Wildman–Crippen LogP) is 3.63. The first kappa shape index (κ1) is 17.1. The zero-order valence-corrected chi connectivity index (χ0v) is 14.6. The van der Waals surface area contributed by atoms with Crippen LogP contribution in [0.15, 0.2) is 54.6 Å². The van der Waals surface area contributed by atoms with Crippen molar-refractivity contribution in [1.82, 2.24) is 4.67 Å². The van der Waals surface area contributed by atoms with Crippen LogP contribution in [0.5, 0.6) is 0 Å². The van der Waals surface area contributed by atoms with E-state index in [2.05, 4.69) is 42.5 Å². The van der Waals surface area contributed by atoms with Crippen molar-refractivity contribution >= 4 is 13.3 Å². The van der Waals surface area contributed by atoms with Crippen molar-refractivity contribution in [2.75, 3.05) is 13.6 Å². The van der Waals surface area contributed by atoms with E-state index >= 15 is 0 Å². The molecule has 0 spiro atoms. The number of nitrogens with zero attached hydrogens (tertiary/aromatic N) is 1. The molecule has 1 aliphatic rings. The van der Waals surface area contributed by atoms with Gasteiger partial charge in [0.15, 0.2) is 0 Å². The summed E-state index contributed by atoms with van der Waals surface area (Å²) in [4.78, 5) is 18.4. The average Bonchev–Trinajstić information content (AvgIpc) is 2.72. The monoisotopic (exact) mass is 343 g/mol. The average molecular weight is 343 g/mol. The van der Waals surface area contributed by atoms with Crippen molar-refractivity contribution in [2.24, 2.45) is 0 Å². The van der Waals surface area contributed by atoms with E-state index in [0.29, 0.717) is 13.0 Å². The van der Waals surface area contributed by atoms with Gasteiger partial charge >= 0.3 is 7.75 Å². The Morgan fingerprint density at radius 2 is 1.50 bits per heavy atom. The third kappa shape index (κ3) is 3.68. The van der Waals surface area contributed by atoms with Gasteiger partial charge in [0.25, 0.3) is 0 Å². The Morgan fingerprint density at radius 1 is 1.00 bits per heavy atom. The van der Waals surface area contributed by atoms with E-state index in [0.717, 1.165) is 23.1 Å². The predicted molar refractivity (Wildman–Crippen MR) is 96.7 cm³/mol. The van der Waals surface area contributed by atoms with Gasteiger partial charge in [-0.1, -0.05) is 54.6 Å². The first-order valence-electron chi connectivity index (χ1n) is 8.10. The molecule has 0 aromatic heterocycles. The molecule has 0 aliphatic heterocycles. The molecule has 0 amide bonds. The molecule has 2 aromatic carbocycles. The molecule has 0 saturated carbocycles. The standard InChI is InChI=1S/C19H22NO3P/c1-20(24(21,22)23)14-6-11-19-17-9-4-2-7-15(17)12-13-16-8-3-5-10-18(16)19/h2-5,7-11H,6,12-14H2,1H3,(H2,21,22,23). The molecule has 0 atom stereocenters. The van der Waals surface area contributed by atoms with Crippen LogP contribution in [0.2, 0.25) is 0 Å². The van der Waals surface area contributed by atoms with E-state index in [1.54, 1.807) is 0 Å². The topological polar surface area (TPSA) is 60.8 Å². The molecule has 3 rings (SSSR count). The lowest BCUT2D eigenvalue weighted by atomic mass is 9.93.